The first-order valence-electron chi connectivity index (χ1n) is 5.65. The number of aryl methyl sites for hydroxylation is 2. The summed E-state index contributed by atoms with van der Waals surface area (Å²) in [6.45, 7) is 4.05. The van der Waals surface area contributed by atoms with Crippen molar-refractivity contribution in [3.8, 4) is 17.6 Å². The van der Waals surface area contributed by atoms with Crippen LogP contribution in [0.1, 0.15) is 16.7 Å². The summed E-state index contributed by atoms with van der Waals surface area (Å²) in [6, 6.07) is 11.4. The Labute approximate surface area is 129 Å². The maximum atomic E-state index is 8.88. The monoisotopic (exact) mass is 379 g/mol. The highest BCUT2D eigenvalue weighted by Gasteiger charge is 2.06. The Balaban J connectivity index is 2.32. The Morgan fingerprint density at radius 2 is 1.63 bits per heavy atom. The van der Waals surface area contributed by atoms with Gasteiger partial charge in [-0.25, -0.2) is 0 Å². The van der Waals surface area contributed by atoms with E-state index in [1.54, 1.807) is 18.2 Å². The summed E-state index contributed by atoms with van der Waals surface area (Å²) in [5.74, 6) is 1.49. The van der Waals surface area contributed by atoms with Crippen molar-refractivity contribution in [1.29, 1.82) is 5.26 Å². The van der Waals surface area contributed by atoms with E-state index in [2.05, 4.69) is 37.9 Å². The Morgan fingerprint density at radius 3 is 2.16 bits per heavy atom. The van der Waals surface area contributed by atoms with Crippen LogP contribution in [0.15, 0.2) is 39.3 Å². The van der Waals surface area contributed by atoms with Crippen molar-refractivity contribution in [1.82, 2.24) is 0 Å². The zero-order chi connectivity index (χ0) is 14.0. The van der Waals surface area contributed by atoms with Crippen molar-refractivity contribution in [3.63, 3.8) is 0 Å². The van der Waals surface area contributed by atoms with Gasteiger partial charge in [-0.15, -0.1) is 0 Å². The molecule has 0 saturated heterocycles. The molecule has 0 N–H and O–H groups in total. The minimum atomic E-state index is 0.593. The number of hydrogen-bond acceptors (Lipinski definition) is 2. The highest BCUT2D eigenvalue weighted by Crippen LogP contribution is 2.31. The number of halogens is 2. The average molecular weight is 381 g/mol. The molecular weight excluding hydrogens is 370 g/mol. The highest BCUT2D eigenvalue weighted by atomic mass is 79.9. The summed E-state index contributed by atoms with van der Waals surface area (Å²) < 4.78 is 7.65. The fourth-order valence-electron chi connectivity index (χ4n) is 1.75. The largest absolute Gasteiger partial charge is 0.457 e. The molecule has 0 fully saturated rings. The first-order chi connectivity index (χ1) is 9.01. The van der Waals surface area contributed by atoms with Crippen LogP contribution >= 0.6 is 31.9 Å². The fraction of sp³-hybridized carbons (Fsp3) is 0.133. The molecule has 96 valence electrons. The van der Waals surface area contributed by atoms with Crippen molar-refractivity contribution in [2.45, 2.75) is 13.8 Å². The minimum absolute atomic E-state index is 0.593. The van der Waals surface area contributed by atoms with E-state index in [-0.39, 0.29) is 0 Å². The summed E-state index contributed by atoms with van der Waals surface area (Å²) >= 11 is 6.88. The average Bonchev–Trinajstić information content (AvgIpc) is 2.36. The third-order valence-electron chi connectivity index (χ3n) is 2.71. The molecule has 19 heavy (non-hydrogen) atoms. The number of nitrogens with zero attached hydrogens (tertiary/aromatic N) is 1. The molecule has 2 aromatic rings. The van der Waals surface area contributed by atoms with Gasteiger partial charge in [0.25, 0.3) is 0 Å². The van der Waals surface area contributed by atoms with Crippen molar-refractivity contribution in [2.75, 3.05) is 0 Å². The molecule has 0 aliphatic carbocycles. The molecule has 0 bridgehead atoms. The SMILES string of the molecule is Cc1cc(Oc2ccc(C#N)c(Br)c2)cc(C)c1Br. The van der Waals surface area contributed by atoms with Gasteiger partial charge in [-0.05, 0) is 71.2 Å². The second-order valence-corrected chi connectivity index (χ2v) is 5.87. The highest BCUT2D eigenvalue weighted by molar-refractivity contribution is 9.10. The molecule has 0 aliphatic heterocycles. The van der Waals surface area contributed by atoms with Crippen molar-refractivity contribution < 1.29 is 4.74 Å². The van der Waals surface area contributed by atoms with E-state index < -0.39 is 0 Å². The molecule has 2 rings (SSSR count). The molecule has 2 nitrogen and oxygen atoms in total. The molecule has 0 amide bonds. The third-order valence-corrected chi connectivity index (χ3v) is 4.61. The normalized spacial score (nSPS) is 10.1. The molecular formula is C15H11Br2NO. The Morgan fingerprint density at radius 1 is 1.00 bits per heavy atom. The molecule has 0 atom stereocenters. The Hall–Kier alpha value is -1.31. The molecule has 0 aliphatic rings. The number of ether oxygens (including phenoxy) is 1. The maximum absolute atomic E-state index is 8.88. The lowest BCUT2D eigenvalue weighted by Gasteiger charge is -2.10. The second kappa shape index (κ2) is 5.77. The van der Waals surface area contributed by atoms with Crippen LogP contribution in [0.2, 0.25) is 0 Å². The van der Waals surface area contributed by atoms with Crippen LogP contribution in [0.4, 0.5) is 0 Å². The molecule has 2 aromatic carbocycles. The van der Waals surface area contributed by atoms with Crippen LogP contribution in [0.25, 0.3) is 0 Å². The second-order valence-electron chi connectivity index (χ2n) is 4.23. The van der Waals surface area contributed by atoms with Gasteiger partial charge in [0.15, 0.2) is 0 Å². The fourth-order valence-corrected chi connectivity index (χ4v) is 2.43. The quantitative estimate of drug-likeness (QED) is 0.689. The van der Waals surface area contributed by atoms with Gasteiger partial charge in [0.05, 0.1) is 5.56 Å². The zero-order valence-corrected chi connectivity index (χ0v) is 13.7. The smallest absolute Gasteiger partial charge is 0.128 e. The van der Waals surface area contributed by atoms with Gasteiger partial charge in [0.2, 0.25) is 0 Å². The van der Waals surface area contributed by atoms with Crippen LogP contribution in [0, 0.1) is 25.2 Å². The Kier molecular flexibility index (Phi) is 4.28. The van der Waals surface area contributed by atoms with E-state index in [0.29, 0.717) is 11.3 Å². The predicted molar refractivity (Wildman–Crippen MR) is 82.5 cm³/mol. The zero-order valence-electron chi connectivity index (χ0n) is 10.5. The van der Waals surface area contributed by atoms with E-state index >= 15 is 0 Å². The van der Waals surface area contributed by atoms with E-state index in [0.717, 1.165) is 25.8 Å². The van der Waals surface area contributed by atoms with Gasteiger partial charge in [-0.2, -0.15) is 5.26 Å². The number of rotatable bonds is 2. The molecule has 0 unspecified atom stereocenters. The molecule has 0 radical (unpaired) electrons. The topological polar surface area (TPSA) is 33.0 Å². The molecule has 4 heteroatoms. The summed E-state index contributed by atoms with van der Waals surface area (Å²) in [5.41, 5.74) is 2.85. The van der Waals surface area contributed by atoms with Gasteiger partial charge < -0.3 is 4.74 Å². The lowest BCUT2D eigenvalue weighted by Crippen LogP contribution is -1.89. The molecule has 0 heterocycles. The van der Waals surface area contributed by atoms with Crippen molar-refractivity contribution in [3.05, 3.63) is 56.0 Å². The van der Waals surface area contributed by atoms with E-state index in [1.165, 1.54) is 0 Å². The summed E-state index contributed by atoms with van der Waals surface area (Å²) in [5, 5.41) is 8.88. The molecule has 0 aromatic heterocycles. The third kappa shape index (κ3) is 3.17. The van der Waals surface area contributed by atoms with Crippen LogP contribution in [-0.2, 0) is 0 Å². The van der Waals surface area contributed by atoms with E-state index in [4.69, 9.17) is 10.00 Å². The van der Waals surface area contributed by atoms with E-state index in [9.17, 15) is 0 Å². The van der Waals surface area contributed by atoms with Gasteiger partial charge >= 0.3 is 0 Å². The van der Waals surface area contributed by atoms with Crippen LogP contribution in [-0.4, -0.2) is 0 Å². The lowest BCUT2D eigenvalue weighted by atomic mass is 10.1. The maximum Gasteiger partial charge on any atom is 0.128 e. The predicted octanol–water partition coefficient (Wildman–Crippen LogP) is 5.49. The Bertz CT molecular complexity index is 651. The molecule has 0 spiro atoms. The van der Waals surface area contributed by atoms with Crippen LogP contribution < -0.4 is 4.74 Å². The number of nitriles is 1. The standard InChI is InChI=1S/C15H11Br2NO/c1-9-5-13(6-10(2)15(9)17)19-12-4-3-11(8-18)14(16)7-12/h3-7H,1-2H3. The summed E-state index contributed by atoms with van der Waals surface area (Å²) in [4.78, 5) is 0. The van der Waals surface area contributed by atoms with Crippen LogP contribution in [0.5, 0.6) is 11.5 Å². The van der Waals surface area contributed by atoms with Gasteiger partial charge in [-0.3, -0.25) is 0 Å². The number of benzene rings is 2. The van der Waals surface area contributed by atoms with Gasteiger partial charge in [-0.1, -0.05) is 15.9 Å². The van der Waals surface area contributed by atoms with Gasteiger partial charge in [0, 0.05) is 8.95 Å². The van der Waals surface area contributed by atoms with Crippen LogP contribution in [0.3, 0.4) is 0 Å². The first kappa shape index (κ1) is 14.1. The molecule has 0 saturated carbocycles. The minimum Gasteiger partial charge on any atom is -0.457 e. The van der Waals surface area contributed by atoms with Crippen molar-refractivity contribution in [2.24, 2.45) is 0 Å². The van der Waals surface area contributed by atoms with E-state index in [1.807, 2.05) is 26.0 Å². The number of hydrogen-bond donors (Lipinski definition) is 0. The first-order valence-corrected chi connectivity index (χ1v) is 7.24. The summed E-state index contributed by atoms with van der Waals surface area (Å²) in [7, 11) is 0. The lowest BCUT2D eigenvalue weighted by molar-refractivity contribution is 0.481. The summed E-state index contributed by atoms with van der Waals surface area (Å²) in [6.07, 6.45) is 0. The van der Waals surface area contributed by atoms with Crippen molar-refractivity contribution >= 4 is 31.9 Å². The van der Waals surface area contributed by atoms with Gasteiger partial charge in [0.1, 0.15) is 17.6 Å².